The van der Waals surface area contributed by atoms with Crippen molar-refractivity contribution in [3.8, 4) is 0 Å². The van der Waals surface area contributed by atoms with Crippen molar-refractivity contribution in [2.75, 3.05) is 35.5 Å². The summed E-state index contributed by atoms with van der Waals surface area (Å²) in [4.78, 5) is 12.8. The van der Waals surface area contributed by atoms with Gasteiger partial charge in [0.15, 0.2) is 11.6 Å². The molecule has 0 bridgehead atoms. The largest absolute Gasteiger partial charge is 0.344 e. The van der Waals surface area contributed by atoms with Gasteiger partial charge in [-0.2, -0.15) is 0 Å². The first-order valence-corrected chi connectivity index (χ1v) is 12.2. The molecule has 6 nitrogen and oxygen atoms in total. The van der Waals surface area contributed by atoms with Crippen molar-refractivity contribution in [3.63, 3.8) is 0 Å². The first kappa shape index (κ1) is 23.1. The van der Waals surface area contributed by atoms with E-state index in [9.17, 15) is 5.21 Å². The van der Waals surface area contributed by atoms with E-state index in [0.29, 0.717) is 22.6 Å². The summed E-state index contributed by atoms with van der Waals surface area (Å²) in [5.41, 5.74) is 6.84. The highest BCUT2D eigenvalue weighted by Crippen LogP contribution is 2.61. The Morgan fingerprint density at radius 3 is 2.84 bits per heavy atom. The second-order valence-electron chi connectivity index (χ2n) is 11.3. The molecule has 0 radical (unpaired) electrons. The van der Waals surface area contributed by atoms with Crippen LogP contribution >= 0.6 is 0 Å². The fourth-order valence-corrected chi connectivity index (χ4v) is 7.11. The van der Waals surface area contributed by atoms with E-state index in [0.717, 1.165) is 37.1 Å². The van der Waals surface area contributed by atoms with Gasteiger partial charge >= 0.3 is 0 Å². The van der Waals surface area contributed by atoms with Crippen molar-refractivity contribution in [2.45, 2.75) is 72.6 Å². The zero-order valence-corrected chi connectivity index (χ0v) is 20.6. The van der Waals surface area contributed by atoms with Crippen LogP contribution in [-0.4, -0.2) is 35.4 Å². The lowest BCUT2D eigenvalue weighted by atomic mass is 9.47. The monoisotopic (exact) mass is 439 g/mol. The summed E-state index contributed by atoms with van der Waals surface area (Å²) in [5.74, 6) is 2.74. The third kappa shape index (κ3) is 4.02. The topological polar surface area (TPSA) is 64.5 Å². The molecule has 1 aromatic rings. The van der Waals surface area contributed by atoms with Gasteiger partial charge in [-0.3, -0.25) is 10.7 Å². The molecular formula is C26H41N5O. The highest BCUT2D eigenvalue weighted by Gasteiger charge is 2.52. The molecule has 3 unspecified atom stereocenters. The van der Waals surface area contributed by atoms with Crippen LogP contribution in [0, 0.1) is 22.7 Å². The minimum absolute atomic E-state index is 0.396. The second-order valence-corrected chi connectivity index (χ2v) is 11.3. The molecule has 3 atom stereocenters. The fraction of sp³-hybridized carbons (Fsp3) is 0.692. The molecule has 2 saturated carbocycles. The van der Waals surface area contributed by atoms with Crippen LogP contribution in [0.3, 0.4) is 0 Å². The molecule has 1 aromatic heterocycles. The minimum Gasteiger partial charge on any atom is -0.344 e. The standard InChI is InChI=1S/C26H41N5O/c1-18(12-15-31-17-30(6)24-22(31)23(29-32)27-16-28-24)8-10-20-19(2)9-11-21-25(3,4)13-7-14-26(20,21)5/h12,16,20-21,32H,2,7-11,13-15,17H2,1,3-6H3,(H,27,28,29). The first-order valence-electron chi connectivity index (χ1n) is 12.2. The number of hydrogen-bond acceptors (Lipinski definition) is 6. The Morgan fingerprint density at radius 2 is 2.09 bits per heavy atom. The minimum atomic E-state index is 0.396. The van der Waals surface area contributed by atoms with E-state index < -0.39 is 0 Å². The predicted molar refractivity (Wildman–Crippen MR) is 132 cm³/mol. The Labute approximate surface area is 193 Å². The number of hydrogen-bond donors (Lipinski definition) is 2. The van der Waals surface area contributed by atoms with Crippen LogP contribution in [0.15, 0.2) is 30.1 Å². The molecule has 3 aliphatic rings. The molecule has 2 heterocycles. The Hall–Kier alpha value is -2.08. The number of aromatic nitrogens is 2. The molecule has 0 saturated heterocycles. The quantitative estimate of drug-likeness (QED) is 0.418. The fourth-order valence-electron chi connectivity index (χ4n) is 7.11. The number of anilines is 3. The van der Waals surface area contributed by atoms with Gasteiger partial charge in [0, 0.05) is 13.6 Å². The number of allylic oxidation sites excluding steroid dienone is 2. The molecule has 0 spiro atoms. The van der Waals surface area contributed by atoms with Gasteiger partial charge < -0.3 is 9.80 Å². The molecular weight excluding hydrogens is 398 g/mol. The van der Waals surface area contributed by atoms with Gasteiger partial charge in [-0.15, -0.1) is 0 Å². The number of rotatable bonds is 6. The van der Waals surface area contributed by atoms with E-state index in [4.69, 9.17) is 0 Å². The molecule has 0 amide bonds. The van der Waals surface area contributed by atoms with E-state index >= 15 is 0 Å². The summed E-state index contributed by atoms with van der Waals surface area (Å²) in [5, 5.41) is 9.48. The van der Waals surface area contributed by atoms with Crippen LogP contribution in [0.25, 0.3) is 0 Å². The zero-order chi connectivity index (χ0) is 23.1. The van der Waals surface area contributed by atoms with Gasteiger partial charge in [0.1, 0.15) is 12.0 Å². The van der Waals surface area contributed by atoms with E-state index in [1.54, 1.807) is 0 Å². The molecule has 2 aliphatic carbocycles. The maximum atomic E-state index is 9.48. The van der Waals surface area contributed by atoms with Gasteiger partial charge in [0.2, 0.25) is 0 Å². The average molecular weight is 440 g/mol. The van der Waals surface area contributed by atoms with Gasteiger partial charge in [-0.05, 0) is 68.1 Å². The molecule has 176 valence electrons. The highest BCUT2D eigenvalue weighted by atomic mass is 16.5. The summed E-state index contributed by atoms with van der Waals surface area (Å²) in [6.07, 6.45) is 12.7. The summed E-state index contributed by atoms with van der Waals surface area (Å²) in [6.45, 7) is 15.9. The van der Waals surface area contributed by atoms with Crippen molar-refractivity contribution in [1.29, 1.82) is 0 Å². The normalized spacial score (nSPS) is 29.7. The third-order valence-electron chi connectivity index (χ3n) is 8.78. The Bertz CT molecular complexity index is 894. The van der Waals surface area contributed by atoms with E-state index in [-0.39, 0.29) is 0 Å². The van der Waals surface area contributed by atoms with Crippen molar-refractivity contribution < 1.29 is 5.21 Å². The Balaban J connectivity index is 1.43. The summed E-state index contributed by atoms with van der Waals surface area (Å²) in [6, 6.07) is 0. The van der Waals surface area contributed by atoms with Crippen LogP contribution in [0.1, 0.15) is 72.6 Å². The lowest BCUT2D eigenvalue weighted by Crippen LogP contribution is -2.49. The lowest BCUT2D eigenvalue weighted by Gasteiger charge is -2.58. The molecule has 32 heavy (non-hydrogen) atoms. The first-order chi connectivity index (χ1) is 15.2. The van der Waals surface area contributed by atoms with Crippen LogP contribution in [0.2, 0.25) is 0 Å². The van der Waals surface area contributed by atoms with Crippen molar-refractivity contribution in [1.82, 2.24) is 9.97 Å². The Morgan fingerprint density at radius 1 is 1.31 bits per heavy atom. The zero-order valence-electron chi connectivity index (χ0n) is 20.6. The van der Waals surface area contributed by atoms with Crippen LogP contribution in [-0.2, 0) is 0 Å². The number of nitrogens with zero attached hydrogens (tertiary/aromatic N) is 4. The summed E-state index contributed by atoms with van der Waals surface area (Å²) >= 11 is 0. The van der Waals surface area contributed by atoms with E-state index in [1.807, 2.05) is 7.05 Å². The molecule has 2 fully saturated rings. The summed E-state index contributed by atoms with van der Waals surface area (Å²) < 4.78 is 0. The smallest absolute Gasteiger partial charge is 0.178 e. The highest BCUT2D eigenvalue weighted by molar-refractivity contribution is 5.82. The third-order valence-corrected chi connectivity index (χ3v) is 8.78. The van der Waals surface area contributed by atoms with Gasteiger partial charge in [0.05, 0.1) is 6.67 Å². The second kappa shape index (κ2) is 8.69. The SMILES string of the molecule is C=C1CCC2C(C)(C)CCCC2(C)C1CCC(C)=CCN1CN(C)c2ncnc(NO)c21. The maximum absolute atomic E-state index is 9.48. The lowest BCUT2D eigenvalue weighted by molar-refractivity contribution is -0.0539. The van der Waals surface area contributed by atoms with Gasteiger partial charge in [-0.25, -0.2) is 9.97 Å². The van der Waals surface area contributed by atoms with Crippen LogP contribution in [0.5, 0.6) is 0 Å². The average Bonchev–Trinajstić information content (AvgIpc) is 3.07. The maximum Gasteiger partial charge on any atom is 0.178 e. The van der Waals surface area contributed by atoms with Gasteiger partial charge in [-0.1, -0.05) is 51.0 Å². The molecule has 6 heteroatoms. The molecule has 0 aromatic carbocycles. The number of nitrogens with one attached hydrogen (secondary N) is 1. The molecule has 1 aliphatic heterocycles. The van der Waals surface area contributed by atoms with E-state index in [1.165, 1.54) is 56.0 Å². The van der Waals surface area contributed by atoms with Crippen molar-refractivity contribution in [3.05, 3.63) is 30.1 Å². The van der Waals surface area contributed by atoms with Gasteiger partial charge in [0.25, 0.3) is 0 Å². The van der Waals surface area contributed by atoms with E-state index in [2.05, 4.69) is 65.6 Å². The van der Waals surface area contributed by atoms with Crippen molar-refractivity contribution in [2.24, 2.45) is 22.7 Å². The van der Waals surface area contributed by atoms with Crippen molar-refractivity contribution >= 4 is 17.3 Å². The summed E-state index contributed by atoms with van der Waals surface area (Å²) in [7, 11) is 2.01. The molecule has 2 N–H and O–H groups in total. The van der Waals surface area contributed by atoms with Crippen LogP contribution < -0.4 is 15.3 Å². The molecule has 4 rings (SSSR count). The van der Waals surface area contributed by atoms with Crippen LogP contribution in [0.4, 0.5) is 17.3 Å². The number of fused-ring (bicyclic) bond motifs is 2. The predicted octanol–water partition coefficient (Wildman–Crippen LogP) is 6.02. The Kier molecular flexibility index (Phi) is 6.27.